The van der Waals surface area contributed by atoms with E-state index in [1.54, 1.807) is 16.3 Å². The number of aryl methyl sites for hydroxylation is 3. The van der Waals surface area contributed by atoms with Crippen LogP contribution in [0, 0.1) is 26.7 Å². The van der Waals surface area contributed by atoms with E-state index in [0.29, 0.717) is 35.5 Å². The molecule has 0 aliphatic carbocycles. The Bertz CT molecular complexity index is 881. The predicted molar refractivity (Wildman–Crippen MR) is 93.6 cm³/mol. The Morgan fingerprint density at radius 3 is 2.64 bits per heavy atom. The lowest BCUT2D eigenvalue weighted by atomic mass is 10.1. The van der Waals surface area contributed by atoms with Crippen LogP contribution in [0.4, 0.5) is 0 Å². The van der Waals surface area contributed by atoms with Gasteiger partial charge in [0, 0.05) is 13.1 Å². The molecule has 2 aromatic rings. The summed E-state index contributed by atoms with van der Waals surface area (Å²) in [7, 11) is -3.68. The van der Waals surface area contributed by atoms with E-state index in [4.69, 9.17) is 0 Å². The molecule has 0 aromatic carbocycles. The molecule has 0 bridgehead atoms. The number of aromatic nitrogens is 5. The summed E-state index contributed by atoms with van der Waals surface area (Å²) in [6.07, 6.45) is 1.59. The SMILES string of the molecule is Cc1nc2n(n1)CCCC2NS(=O)(=O)c1c(C)nn(CC(C)C)c1C. The fourth-order valence-corrected chi connectivity index (χ4v) is 5.06. The molecule has 138 valence electrons. The Labute approximate surface area is 148 Å². The molecular formula is C16H26N6O2S. The first-order chi connectivity index (χ1) is 11.7. The standard InChI is InChI=1S/C16H26N6O2S/c1-10(2)9-22-12(4)15(11(3)18-22)25(23,24)20-14-7-6-8-21-16(14)17-13(5)19-21/h10,14,20H,6-9H2,1-5H3. The lowest BCUT2D eigenvalue weighted by molar-refractivity contribution is 0.399. The van der Waals surface area contributed by atoms with Gasteiger partial charge in [-0.2, -0.15) is 10.2 Å². The minimum absolute atomic E-state index is 0.279. The van der Waals surface area contributed by atoms with Crippen LogP contribution in [0.2, 0.25) is 0 Å². The summed E-state index contributed by atoms with van der Waals surface area (Å²) in [4.78, 5) is 4.68. The van der Waals surface area contributed by atoms with E-state index in [1.807, 2.05) is 13.8 Å². The van der Waals surface area contributed by atoms with Gasteiger partial charge in [0.05, 0.1) is 17.4 Å². The smallest absolute Gasteiger partial charge is 0.244 e. The molecule has 1 aliphatic rings. The average Bonchev–Trinajstić information content (AvgIpc) is 2.98. The molecule has 0 amide bonds. The first-order valence-electron chi connectivity index (χ1n) is 8.66. The lowest BCUT2D eigenvalue weighted by Gasteiger charge is -2.23. The van der Waals surface area contributed by atoms with Crippen LogP contribution in [0.25, 0.3) is 0 Å². The van der Waals surface area contributed by atoms with Gasteiger partial charge in [-0.1, -0.05) is 13.8 Å². The summed E-state index contributed by atoms with van der Waals surface area (Å²) < 4.78 is 32.5. The van der Waals surface area contributed by atoms with Gasteiger partial charge in [-0.05, 0) is 39.5 Å². The van der Waals surface area contributed by atoms with Crippen molar-refractivity contribution >= 4 is 10.0 Å². The van der Waals surface area contributed by atoms with Gasteiger partial charge in [-0.15, -0.1) is 0 Å². The number of sulfonamides is 1. The number of fused-ring (bicyclic) bond motifs is 1. The van der Waals surface area contributed by atoms with Crippen LogP contribution in [0.1, 0.15) is 55.8 Å². The Kier molecular flexibility index (Phi) is 4.72. The molecule has 1 aliphatic heterocycles. The third-order valence-electron chi connectivity index (χ3n) is 4.40. The molecule has 3 rings (SSSR count). The van der Waals surface area contributed by atoms with Gasteiger partial charge in [0.1, 0.15) is 16.5 Å². The summed E-state index contributed by atoms with van der Waals surface area (Å²) in [5, 5.41) is 8.75. The van der Waals surface area contributed by atoms with Gasteiger partial charge in [0.25, 0.3) is 0 Å². The van der Waals surface area contributed by atoms with Gasteiger partial charge in [0.2, 0.25) is 10.0 Å². The van der Waals surface area contributed by atoms with Crippen LogP contribution < -0.4 is 4.72 Å². The van der Waals surface area contributed by atoms with Gasteiger partial charge in [0.15, 0.2) is 0 Å². The maximum Gasteiger partial charge on any atom is 0.244 e. The highest BCUT2D eigenvalue weighted by Crippen LogP contribution is 2.27. The minimum atomic E-state index is -3.68. The number of nitrogens with zero attached hydrogens (tertiary/aromatic N) is 5. The summed E-state index contributed by atoms with van der Waals surface area (Å²) in [5.41, 5.74) is 1.20. The zero-order chi connectivity index (χ0) is 18.4. The molecule has 0 saturated carbocycles. The first-order valence-corrected chi connectivity index (χ1v) is 10.1. The highest BCUT2D eigenvalue weighted by Gasteiger charge is 2.31. The van der Waals surface area contributed by atoms with Gasteiger partial charge >= 0.3 is 0 Å². The van der Waals surface area contributed by atoms with E-state index in [-0.39, 0.29) is 10.9 Å². The zero-order valence-corrected chi connectivity index (χ0v) is 16.3. The number of rotatable bonds is 5. The molecule has 0 radical (unpaired) electrons. The van der Waals surface area contributed by atoms with Crippen LogP contribution in [0.15, 0.2) is 4.90 Å². The third-order valence-corrected chi connectivity index (χ3v) is 6.12. The van der Waals surface area contributed by atoms with Crippen molar-refractivity contribution in [1.29, 1.82) is 0 Å². The summed E-state index contributed by atoms with van der Waals surface area (Å²) in [5.74, 6) is 1.75. The second kappa shape index (κ2) is 6.53. The number of hydrogen-bond donors (Lipinski definition) is 1. The van der Waals surface area contributed by atoms with Crippen molar-refractivity contribution in [2.45, 2.75) is 71.5 Å². The molecule has 25 heavy (non-hydrogen) atoms. The highest BCUT2D eigenvalue weighted by atomic mass is 32.2. The van der Waals surface area contributed by atoms with Crippen LogP contribution in [-0.2, 0) is 23.1 Å². The largest absolute Gasteiger partial charge is 0.268 e. The first kappa shape index (κ1) is 18.1. The topological polar surface area (TPSA) is 94.7 Å². The Morgan fingerprint density at radius 1 is 1.24 bits per heavy atom. The van der Waals surface area contributed by atoms with E-state index < -0.39 is 10.0 Å². The van der Waals surface area contributed by atoms with E-state index >= 15 is 0 Å². The molecule has 1 unspecified atom stereocenters. The maximum atomic E-state index is 13.0. The maximum absolute atomic E-state index is 13.0. The van der Waals surface area contributed by atoms with Crippen molar-refractivity contribution in [3.8, 4) is 0 Å². The minimum Gasteiger partial charge on any atom is -0.268 e. The van der Waals surface area contributed by atoms with Crippen LogP contribution in [0.3, 0.4) is 0 Å². The van der Waals surface area contributed by atoms with Crippen LogP contribution in [0.5, 0.6) is 0 Å². The Balaban J connectivity index is 1.92. The van der Waals surface area contributed by atoms with Crippen molar-refractivity contribution in [2.24, 2.45) is 5.92 Å². The Morgan fingerprint density at radius 2 is 1.96 bits per heavy atom. The van der Waals surface area contributed by atoms with Crippen LogP contribution in [-0.4, -0.2) is 33.0 Å². The summed E-state index contributed by atoms with van der Waals surface area (Å²) >= 11 is 0. The molecule has 8 nitrogen and oxygen atoms in total. The van der Waals surface area contributed by atoms with Crippen LogP contribution >= 0.6 is 0 Å². The Hall–Kier alpha value is -1.74. The second-order valence-electron chi connectivity index (χ2n) is 7.13. The molecule has 0 spiro atoms. The number of nitrogens with one attached hydrogen (secondary N) is 1. The van der Waals surface area contributed by atoms with Crippen molar-refractivity contribution in [3.05, 3.63) is 23.0 Å². The molecule has 3 heterocycles. The van der Waals surface area contributed by atoms with Gasteiger partial charge < -0.3 is 0 Å². The molecule has 2 aromatic heterocycles. The molecule has 0 saturated heterocycles. The van der Waals surface area contributed by atoms with Crippen molar-refractivity contribution in [1.82, 2.24) is 29.3 Å². The zero-order valence-electron chi connectivity index (χ0n) is 15.4. The van der Waals surface area contributed by atoms with Crippen molar-refractivity contribution < 1.29 is 8.42 Å². The normalized spacial score (nSPS) is 17.9. The molecule has 1 N–H and O–H groups in total. The quantitative estimate of drug-likeness (QED) is 0.872. The monoisotopic (exact) mass is 366 g/mol. The van der Waals surface area contributed by atoms with E-state index in [9.17, 15) is 8.42 Å². The van der Waals surface area contributed by atoms with Gasteiger partial charge in [-0.25, -0.2) is 22.8 Å². The van der Waals surface area contributed by atoms with Gasteiger partial charge in [-0.3, -0.25) is 4.68 Å². The fraction of sp³-hybridized carbons (Fsp3) is 0.688. The molecule has 9 heteroatoms. The van der Waals surface area contributed by atoms with E-state index in [0.717, 1.165) is 19.4 Å². The van der Waals surface area contributed by atoms with E-state index in [1.165, 1.54) is 0 Å². The third kappa shape index (κ3) is 3.48. The average molecular weight is 366 g/mol. The molecular weight excluding hydrogens is 340 g/mol. The highest BCUT2D eigenvalue weighted by molar-refractivity contribution is 7.89. The lowest BCUT2D eigenvalue weighted by Crippen LogP contribution is -2.33. The summed E-state index contributed by atoms with van der Waals surface area (Å²) in [6.45, 7) is 11.0. The molecule has 0 fully saturated rings. The molecule has 1 atom stereocenters. The van der Waals surface area contributed by atoms with Crippen molar-refractivity contribution in [3.63, 3.8) is 0 Å². The van der Waals surface area contributed by atoms with Crippen molar-refractivity contribution in [2.75, 3.05) is 0 Å². The number of hydrogen-bond acceptors (Lipinski definition) is 5. The fourth-order valence-electron chi connectivity index (χ4n) is 3.42. The van der Waals surface area contributed by atoms with E-state index in [2.05, 4.69) is 33.8 Å². The second-order valence-corrected chi connectivity index (χ2v) is 8.78. The summed E-state index contributed by atoms with van der Waals surface area (Å²) in [6, 6.07) is -0.354. The predicted octanol–water partition coefficient (Wildman–Crippen LogP) is 1.87.